The average molecular weight is 387 g/mol. The van der Waals surface area contributed by atoms with Gasteiger partial charge in [-0.3, -0.25) is 9.48 Å². The van der Waals surface area contributed by atoms with Crippen LogP contribution in [-0.2, 0) is 4.79 Å². The van der Waals surface area contributed by atoms with Gasteiger partial charge >= 0.3 is 0 Å². The number of hydrogen-bond acceptors (Lipinski definition) is 4. The molecular formula is C23H25N5O. The van der Waals surface area contributed by atoms with Crippen LogP contribution in [0.1, 0.15) is 30.0 Å². The van der Waals surface area contributed by atoms with Crippen molar-refractivity contribution in [3.05, 3.63) is 72.1 Å². The van der Waals surface area contributed by atoms with E-state index in [4.69, 9.17) is 11.5 Å². The van der Waals surface area contributed by atoms with Crippen LogP contribution in [0.3, 0.4) is 0 Å². The minimum absolute atomic E-state index is 0.394. The highest BCUT2D eigenvalue weighted by Gasteiger charge is 2.16. The van der Waals surface area contributed by atoms with Gasteiger partial charge < -0.3 is 16.8 Å². The van der Waals surface area contributed by atoms with Crippen molar-refractivity contribution in [1.82, 2.24) is 15.1 Å². The molecule has 2 heterocycles. The van der Waals surface area contributed by atoms with Crippen molar-refractivity contribution >= 4 is 23.2 Å². The first kappa shape index (κ1) is 19.0. The molecule has 6 nitrogen and oxygen atoms in total. The van der Waals surface area contributed by atoms with Gasteiger partial charge in [0.25, 0.3) is 0 Å². The molecular weight excluding hydrogens is 362 g/mol. The zero-order valence-electron chi connectivity index (χ0n) is 16.2. The number of carbonyl (C=O) groups excluding carboxylic acids is 1. The summed E-state index contributed by atoms with van der Waals surface area (Å²) in [4.78, 5) is 12.1. The third kappa shape index (κ3) is 4.22. The van der Waals surface area contributed by atoms with Gasteiger partial charge in [-0.15, -0.1) is 0 Å². The molecule has 2 aromatic carbocycles. The number of para-hydroxylation sites is 1. The molecule has 1 aliphatic heterocycles. The number of amides is 1. The maximum Gasteiger partial charge on any atom is 0.249 e. The Morgan fingerprint density at radius 2 is 1.90 bits per heavy atom. The molecule has 6 heteroatoms. The van der Waals surface area contributed by atoms with Crippen LogP contribution in [0.15, 0.2) is 60.9 Å². The molecule has 0 aliphatic carbocycles. The first-order valence-electron chi connectivity index (χ1n) is 9.83. The fraction of sp³-hybridized carbons (Fsp3) is 0.217. The molecule has 0 radical (unpaired) electrons. The number of nitrogens with two attached hydrogens (primary N) is 2. The van der Waals surface area contributed by atoms with Crippen LogP contribution in [-0.4, -0.2) is 28.8 Å². The maximum atomic E-state index is 12.1. The number of piperidine rings is 1. The van der Waals surface area contributed by atoms with Crippen molar-refractivity contribution in [2.24, 2.45) is 5.73 Å². The Labute approximate surface area is 170 Å². The van der Waals surface area contributed by atoms with E-state index in [1.807, 2.05) is 42.6 Å². The molecule has 0 saturated carbocycles. The molecule has 148 valence electrons. The number of hydrogen-bond donors (Lipinski definition) is 3. The van der Waals surface area contributed by atoms with Gasteiger partial charge in [-0.25, -0.2) is 0 Å². The second kappa shape index (κ2) is 8.32. The number of nitrogen functional groups attached to an aromatic ring is 1. The molecule has 1 saturated heterocycles. The standard InChI is InChI=1S/C23H25N5O/c24-22-7-2-1-6-20(22)21(23(25)29)13-16-4-3-5-17(12-16)18-14-27-28(15-18)19-8-10-26-11-9-19/h1-7,12-15,19,26H,8-11,24H2,(H2,25,29). The average Bonchev–Trinajstić information content (AvgIpc) is 3.24. The fourth-order valence-corrected chi connectivity index (χ4v) is 3.76. The van der Waals surface area contributed by atoms with Crippen LogP contribution in [0.5, 0.6) is 0 Å². The monoisotopic (exact) mass is 387 g/mol. The molecule has 1 fully saturated rings. The summed E-state index contributed by atoms with van der Waals surface area (Å²) in [6.45, 7) is 2.05. The summed E-state index contributed by atoms with van der Waals surface area (Å²) < 4.78 is 2.07. The molecule has 4 rings (SSSR count). The lowest BCUT2D eigenvalue weighted by molar-refractivity contribution is -0.112. The van der Waals surface area contributed by atoms with Gasteiger partial charge in [0.05, 0.1) is 12.2 Å². The highest BCUT2D eigenvalue weighted by Crippen LogP contribution is 2.27. The van der Waals surface area contributed by atoms with Gasteiger partial charge in [-0.1, -0.05) is 36.4 Å². The minimum Gasteiger partial charge on any atom is -0.398 e. The molecule has 29 heavy (non-hydrogen) atoms. The Balaban J connectivity index is 1.65. The summed E-state index contributed by atoms with van der Waals surface area (Å²) in [6.07, 6.45) is 7.96. The van der Waals surface area contributed by atoms with Gasteiger partial charge in [-0.2, -0.15) is 5.10 Å². The summed E-state index contributed by atoms with van der Waals surface area (Å²) in [7, 11) is 0. The van der Waals surface area contributed by atoms with Crippen molar-refractivity contribution < 1.29 is 4.79 Å². The Kier molecular flexibility index (Phi) is 5.44. The molecule has 0 atom stereocenters. The molecule has 0 spiro atoms. The predicted molar refractivity (Wildman–Crippen MR) is 117 cm³/mol. The van der Waals surface area contributed by atoms with E-state index in [1.54, 1.807) is 18.2 Å². The number of rotatable bonds is 5. The van der Waals surface area contributed by atoms with Crippen molar-refractivity contribution in [3.8, 4) is 11.1 Å². The van der Waals surface area contributed by atoms with Crippen LogP contribution >= 0.6 is 0 Å². The normalized spacial score (nSPS) is 15.4. The highest BCUT2D eigenvalue weighted by atomic mass is 16.1. The molecule has 1 aromatic heterocycles. The van der Waals surface area contributed by atoms with Crippen molar-refractivity contribution in [2.75, 3.05) is 18.8 Å². The lowest BCUT2D eigenvalue weighted by Crippen LogP contribution is -2.29. The minimum atomic E-state index is -0.507. The summed E-state index contributed by atoms with van der Waals surface area (Å²) in [5.41, 5.74) is 16.2. The first-order valence-corrected chi connectivity index (χ1v) is 9.83. The van der Waals surface area contributed by atoms with Gasteiger partial charge in [-0.05, 0) is 55.3 Å². The fourth-order valence-electron chi connectivity index (χ4n) is 3.76. The molecule has 3 aromatic rings. The Morgan fingerprint density at radius 3 is 2.66 bits per heavy atom. The van der Waals surface area contributed by atoms with E-state index in [2.05, 4.69) is 21.3 Å². The zero-order valence-corrected chi connectivity index (χ0v) is 16.2. The second-order valence-electron chi connectivity index (χ2n) is 7.33. The van der Waals surface area contributed by atoms with E-state index in [-0.39, 0.29) is 0 Å². The topological polar surface area (TPSA) is 99.0 Å². The van der Waals surface area contributed by atoms with Crippen molar-refractivity contribution in [1.29, 1.82) is 0 Å². The number of carbonyl (C=O) groups is 1. The highest BCUT2D eigenvalue weighted by molar-refractivity contribution is 6.24. The van der Waals surface area contributed by atoms with E-state index >= 15 is 0 Å². The second-order valence-corrected chi connectivity index (χ2v) is 7.33. The third-order valence-corrected chi connectivity index (χ3v) is 5.33. The van der Waals surface area contributed by atoms with E-state index in [0.29, 0.717) is 22.9 Å². The van der Waals surface area contributed by atoms with Gasteiger partial charge in [0.2, 0.25) is 5.91 Å². The Bertz CT molecular complexity index is 1050. The summed E-state index contributed by atoms with van der Waals surface area (Å²) in [5.74, 6) is -0.507. The number of benzene rings is 2. The van der Waals surface area contributed by atoms with Crippen LogP contribution in [0, 0.1) is 0 Å². The SMILES string of the molecule is NC(=O)C(=Cc1cccc(-c2cnn(C3CCNCC3)c2)c1)c1ccccc1N. The number of nitrogens with one attached hydrogen (secondary N) is 1. The van der Waals surface area contributed by atoms with E-state index in [9.17, 15) is 4.79 Å². The smallest absolute Gasteiger partial charge is 0.249 e. The quantitative estimate of drug-likeness (QED) is 0.356. The van der Waals surface area contributed by atoms with Crippen molar-refractivity contribution in [3.63, 3.8) is 0 Å². The third-order valence-electron chi connectivity index (χ3n) is 5.33. The summed E-state index contributed by atoms with van der Waals surface area (Å²) >= 11 is 0. The largest absolute Gasteiger partial charge is 0.398 e. The molecule has 1 amide bonds. The number of nitrogens with zero attached hydrogens (tertiary/aromatic N) is 2. The summed E-state index contributed by atoms with van der Waals surface area (Å²) in [5, 5.41) is 7.96. The number of anilines is 1. The van der Waals surface area contributed by atoms with Gasteiger partial charge in [0, 0.05) is 28.6 Å². The van der Waals surface area contributed by atoms with E-state index < -0.39 is 5.91 Å². The lowest BCUT2D eigenvalue weighted by atomic mass is 9.99. The Hall–Kier alpha value is -3.38. The Morgan fingerprint density at radius 1 is 1.10 bits per heavy atom. The zero-order chi connectivity index (χ0) is 20.2. The molecule has 0 bridgehead atoms. The van der Waals surface area contributed by atoms with Crippen LogP contribution in [0.2, 0.25) is 0 Å². The van der Waals surface area contributed by atoms with E-state index in [0.717, 1.165) is 42.6 Å². The van der Waals surface area contributed by atoms with Crippen LogP contribution < -0.4 is 16.8 Å². The van der Waals surface area contributed by atoms with Crippen LogP contribution in [0.25, 0.3) is 22.8 Å². The van der Waals surface area contributed by atoms with Crippen LogP contribution in [0.4, 0.5) is 5.69 Å². The van der Waals surface area contributed by atoms with Gasteiger partial charge in [0.15, 0.2) is 0 Å². The predicted octanol–water partition coefficient (Wildman–Crippen LogP) is 3.08. The van der Waals surface area contributed by atoms with E-state index in [1.165, 1.54) is 0 Å². The summed E-state index contributed by atoms with van der Waals surface area (Å²) in [6, 6.07) is 15.7. The number of aromatic nitrogens is 2. The molecule has 5 N–H and O–H groups in total. The first-order chi connectivity index (χ1) is 14.1. The number of primary amides is 1. The maximum absolute atomic E-state index is 12.1. The van der Waals surface area contributed by atoms with Crippen molar-refractivity contribution in [2.45, 2.75) is 18.9 Å². The molecule has 1 aliphatic rings. The van der Waals surface area contributed by atoms with Gasteiger partial charge in [0.1, 0.15) is 0 Å². The molecule has 0 unspecified atom stereocenters. The lowest BCUT2D eigenvalue weighted by Gasteiger charge is -2.22.